The summed E-state index contributed by atoms with van der Waals surface area (Å²) in [4.78, 5) is 12.6. The van der Waals surface area contributed by atoms with E-state index in [1.54, 1.807) is 32.4 Å². The Labute approximate surface area is 233 Å². The smallest absolute Gasteiger partial charge is 0.198 e. The average molecular weight is 544 g/mol. The van der Waals surface area contributed by atoms with Crippen molar-refractivity contribution in [2.24, 2.45) is 0 Å². The first-order valence-corrected chi connectivity index (χ1v) is 13.3. The molecule has 0 saturated carbocycles. The van der Waals surface area contributed by atoms with Gasteiger partial charge in [0.05, 0.1) is 35.2 Å². The van der Waals surface area contributed by atoms with E-state index in [2.05, 4.69) is 48.6 Å². The van der Waals surface area contributed by atoms with E-state index in [1.165, 1.54) is 32.7 Å². The van der Waals surface area contributed by atoms with Crippen molar-refractivity contribution >= 4 is 39.0 Å². The van der Waals surface area contributed by atoms with Gasteiger partial charge >= 0.3 is 0 Å². The van der Waals surface area contributed by atoms with Crippen LogP contribution in [0, 0.1) is 27.7 Å². The van der Waals surface area contributed by atoms with Gasteiger partial charge in [0.2, 0.25) is 0 Å². The highest BCUT2D eigenvalue weighted by molar-refractivity contribution is 7.13. The molecule has 0 bridgehead atoms. The summed E-state index contributed by atoms with van der Waals surface area (Å²) in [5, 5.41) is 1.66. The minimum Gasteiger partial charge on any atom is -0.496 e. The Morgan fingerprint density at radius 1 is 0.711 bits per heavy atom. The second-order valence-corrected chi connectivity index (χ2v) is 10.5. The number of methoxy groups -OCH3 is 2. The average Bonchev–Trinajstić information content (AvgIpc) is 3.33. The standard InChI is InChI=1S/C16H15ClO2.C16H15NOS/c1-10-4-6-14(17)12(8-10)16(18)13-9-11(2)5-7-15(13)19-3;1-10-4-6-14(18-3)12(8-10)16-13-9-11(2)5-7-15(13)19-17-16/h2*4-9H,1-3H3. The number of halogens is 1. The van der Waals surface area contributed by atoms with Crippen molar-refractivity contribution < 1.29 is 14.3 Å². The molecule has 38 heavy (non-hydrogen) atoms. The summed E-state index contributed by atoms with van der Waals surface area (Å²) in [6.45, 7) is 8.06. The molecule has 5 aromatic rings. The van der Waals surface area contributed by atoms with Crippen molar-refractivity contribution in [1.29, 1.82) is 0 Å². The summed E-state index contributed by atoms with van der Waals surface area (Å²) in [6, 6.07) is 23.6. The van der Waals surface area contributed by atoms with Crippen LogP contribution in [0.3, 0.4) is 0 Å². The number of ketones is 1. The Bertz CT molecular complexity index is 1620. The van der Waals surface area contributed by atoms with E-state index in [-0.39, 0.29) is 5.78 Å². The molecule has 0 atom stereocenters. The Balaban J connectivity index is 0.000000177. The van der Waals surface area contributed by atoms with Crippen LogP contribution in [0.2, 0.25) is 5.02 Å². The zero-order valence-corrected chi connectivity index (χ0v) is 24.0. The predicted molar refractivity (Wildman–Crippen MR) is 158 cm³/mol. The lowest BCUT2D eigenvalue weighted by molar-refractivity contribution is 0.103. The maximum atomic E-state index is 12.6. The van der Waals surface area contributed by atoms with Crippen molar-refractivity contribution in [3.8, 4) is 22.8 Å². The fourth-order valence-corrected chi connectivity index (χ4v) is 5.18. The molecule has 0 amide bonds. The molecule has 194 valence electrons. The number of carbonyl (C=O) groups is 1. The predicted octanol–water partition coefficient (Wildman–Crippen LogP) is 8.79. The highest BCUT2D eigenvalue weighted by Gasteiger charge is 2.17. The van der Waals surface area contributed by atoms with Crippen molar-refractivity contribution in [1.82, 2.24) is 4.37 Å². The number of ether oxygens (including phenoxy) is 2. The van der Waals surface area contributed by atoms with Gasteiger partial charge in [-0.05, 0) is 87.8 Å². The number of rotatable bonds is 5. The van der Waals surface area contributed by atoms with E-state index in [1.807, 2.05) is 38.1 Å². The monoisotopic (exact) mass is 543 g/mol. The Morgan fingerprint density at radius 3 is 1.95 bits per heavy atom. The maximum Gasteiger partial charge on any atom is 0.198 e. The third kappa shape index (κ3) is 5.90. The molecule has 0 aliphatic carbocycles. The molecule has 0 spiro atoms. The summed E-state index contributed by atoms with van der Waals surface area (Å²) in [6.07, 6.45) is 0. The molecule has 0 N–H and O–H groups in total. The normalized spacial score (nSPS) is 10.6. The Morgan fingerprint density at radius 2 is 1.26 bits per heavy atom. The lowest BCUT2D eigenvalue weighted by atomic mass is 9.99. The fourth-order valence-electron chi connectivity index (χ4n) is 4.21. The summed E-state index contributed by atoms with van der Waals surface area (Å²) in [5.74, 6) is 1.32. The van der Waals surface area contributed by atoms with Gasteiger partial charge in [-0.2, -0.15) is 4.37 Å². The molecule has 6 heteroatoms. The summed E-state index contributed by atoms with van der Waals surface area (Å²) in [7, 11) is 3.26. The highest BCUT2D eigenvalue weighted by atomic mass is 35.5. The van der Waals surface area contributed by atoms with Gasteiger partial charge in [-0.15, -0.1) is 0 Å². The molecule has 0 fully saturated rings. The number of aryl methyl sites for hydroxylation is 4. The van der Waals surface area contributed by atoms with Crippen LogP contribution in [0.25, 0.3) is 21.3 Å². The fraction of sp³-hybridized carbons (Fsp3) is 0.188. The van der Waals surface area contributed by atoms with E-state index < -0.39 is 0 Å². The van der Waals surface area contributed by atoms with Gasteiger partial charge in [-0.3, -0.25) is 4.79 Å². The Kier molecular flexibility index (Phi) is 8.50. The highest BCUT2D eigenvalue weighted by Crippen LogP contribution is 2.37. The van der Waals surface area contributed by atoms with Crippen LogP contribution < -0.4 is 9.47 Å². The molecule has 1 aromatic heterocycles. The van der Waals surface area contributed by atoms with Crippen molar-refractivity contribution in [3.05, 3.63) is 111 Å². The zero-order valence-electron chi connectivity index (χ0n) is 22.4. The second kappa shape index (κ2) is 11.8. The largest absolute Gasteiger partial charge is 0.496 e. The molecule has 0 radical (unpaired) electrons. The van der Waals surface area contributed by atoms with Gasteiger partial charge in [0, 0.05) is 16.5 Å². The minimum atomic E-state index is -0.116. The van der Waals surface area contributed by atoms with Crippen LogP contribution in [0.1, 0.15) is 38.2 Å². The van der Waals surface area contributed by atoms with Crippen molar-refractivity contribution in [2.75, 3.05) is 14.2 Å². The van der Waals surface area contributed by atoms with Crippen molar-refractivity contribution in [3.63, 3.8) is 0 Å². The second-order valence-electron chi connectivity index (χ2n) is 9.25. The molecule has 0 saturated heterocycles. The number of aromatic nitrogens is 1. The number of benzene rings is 4. The van der Waals surface area contributed by atoms with Crippen LogP contribution in [0.4, 0.5) is 0 Å². The van der Waals surface area contributed by atoms with E-state index in [0.29, 0.717) is 21.9 Å². The molecule has 4 nitrogen and oxygen atoms in total. The first-order chi connectivity index (χ1) is 18.2. The van der Waals surface area contributed by atoms with E-state index in [9.17, 15) is 4.79 Å². The maximum absolute atomic E-state index is 12.6. The zero-order chi connectivity index (χ0) is 27.4. The van der Waals surface area contributed by atoms with Gasteiger partial charge in [0.15, 0.2) is 5.78 Å². The van der Waals surface area contributed by atoms with Crippen LogP contribution in [0.5, 0.6) is 11.5 Å². The van der Waals surface area contributed by atoms with Crippen LogP contribution in [-0.4, -0.2) is 24.4 Å². The summed E-state index contributed by atoms with van der Waals surface area (Å²) in [5.41, 5.74) is 7.60. The number of hydrogen-bond acceptors (Lipinski definition) is 5. The van der Waals surface area contributed by atoms with Gasteiger partial charge in [-0.1, -0.05) is 58.1 Å². The van der Waals surface area contributed by atoms with Crippen LogP contribution in [-0.2, 0) is 0 Å². The first-order valence-electron chi connectivity index (χ1n) is 12.2. The third-order valence-electron chi connectivity index (χ3n) is 6.20. The lowest BCUT2D eigenvalue weighted by Gasteiger charge is -2.10. The summed E-state index contributed by atoms with van der Waals surface area (Å²) >= 11 is 7.65. The van der Waals surface area contributed by atoms with Crippen LogP contribution >= 0.6 is 23.1 Å². The van der Waals surface area contributed by atoms with Crippen molar-refractivity contribution in [2.45, 2.75) is 27.7 Å². The van der Waals surface area contributed by atoms with Gasteiger partial charge in [-0.25, -0.2) is 0 Å². The number of carbonyl (C=O) groups excluding carboxylic acids is 1. The molecule has 0 aliphatic rings. The third-order valence-corrected chi connectivity index (χ3v) is 7.36. The molecule has 4 aromatic carbocycles. The van der Waals surface area contributed by atoms with E-state index >= 15 is 0 Å². The number of nitrogens with zero attached hydrogens (tertiary/aromatic N) is 1. The van der Waals surface area contributed by atoms with Gasteiger partial charge in [0.25, 0.3) is 0 Å². The topological polar surface area (TPSA) is 48.4 Å². The quantitative estimate of drug-likeness (QED) is 0.208. The van der Waals surface area contributed by atoms with E-state index in [4.69, 9.17) is 21.1 Å². The Hall–Kier alpha value is -3.67. The molecular formula is C32H30ClNO3S. The SMILES string of the molecule is COc1ccc(C)cc1-c1nsc2ccc(C)cc12.COc1ccc(C)cc1C(=O)c1cc(C)ccc1Cl. The molecule has 0 aliphatic heterocycles. The molecule has 1 heterocycles. The van der Waals surface area contributed by atoms with Gasteiger partial charge in [0.1, 0.15) is 11.5 Å². The van der Waals surface area contributed by atoms with E-state index in [0.717, 1.165) is 28.1 Å². The number of fused-ring (bicyclic) bond motifs is 1. The molecule has 5 rings (SSSR count). The number of hydrogen-bond donors (Lipinski definition) is 0. The first kappa shape index (κ1) is 27.4. The minimum absolute atomic E-state index is 0.116. The van der Waals surface area contributed by atoms with Crippen LogP contribution in [0.15, 0.2) is 72.8 Å². The lowest BCUT2D eigenvalue weighted by Crippen LogP contribution is -2.05. The molecular weight excluding hydrogens is 514 g/mol. The molecule has 0 unspecified atom stereocenters. The summed E-state index contributed by atoms with van der Waals surface area (Å²) < 4.78 is 16.5. The van der Waals surface area contributed by atoms with Gasteiger partial charge < -0.3 is 9.47 Å².